The van der Waals surface area contributed by atoms with Crippen molar-refractivity contribution >= 4 is 29.5 Å². The lowest BCUT2D eigenvalue weighted by molar-refractivity contribution is -0.131. The van der Waals surface area contributed by atoms with E-state index >= 15 is 0 Å². The van der Waals surface area contributed by atoms with Crippen molar-refractivity contribution in [3.63, 3.8) is 0 Å². The minimum absolute atomic E-state index is 0.119. The number of carbonyl (C=O) groups is 5. The van der Waals surface area contributed by atoms with Gasteiger partial charge in [0.1, 0.15) is 23.7 Å². The zero-order chi connectivity index (χ0) is 39.2. The molecule has 0 aromatic heterocycles. The van der Waals surface area contributed by atoms with Crippen LogP contribution in [0.4, 0.5) is 17.6 Å². The van der Waals surface area contributed by atoms with Crippen LogP contribution >= 0.6 is 0 Å². The summed E-state index contributed by atoms with van der Waals surface area (Å²) < 4.78 is 56.8. The molecule has 16 heteroatoms. The van der Waals surface area contributed by atoms with Crippen LogP contribution in [0.1, 0.15) is 105 Å². The lowest BCUT2D eigenvalue weighted by atomic mass is 9.96. The van der Waals surface area contributed by atoms with Gasteiger partial charge in [0.05, 0.1) is 6.04 Å². The highest BCUT2D eigenvalue weighted by atomic mass is 19.2. The fraction of sp³-hybridized carbons (Fsp3) is 0.686. The van der Waals surface area contributed by atoms with E-state index < -0.39 is 88.4 Å². The summed E-state index contributed by atoms with van der Waals surface area (Å²) in [5.74, 6) is -15.0. The molecule has 0 bridgehead atoms. The molecule has 290 valence electrons. The summed E-state index contributed by atoms with van der Waals surface area (Å²) in [6.45, 7) is 16.7. The van der Waals surface area contributed by atoms with Gasteiger partial charge < -0.3 is 37.0 Å². The fourth-order valence-corrected chi connectivity index (χ4v) is 5.40. The Bertz CT molecular complexity index is 1340. The van der Waals surface area contributed by atoms with Gasteiger partial charge >= 0.3 is 0 Å². The van der Waals surface area contributed by atoms with E-state index in [1.165, 1.54) is 0 Å². The predicted molar refractivity (Wildman–Crippen MR) is 184 cm³/mol. The number of hydrogen-bond donors (Lipinski definition) is 7. The zero-order valence-corrected chi connectivity index (χ0v) is 31.1. The number of rotatable bonds is 21. The number of hydrogen-bond acceptors (Lipinski definition) is 7. The maximum Gasteiger partial charge on any atom is 0.258 e. The van der Waals surface area contributed by atoms with Gasteiger partial charge in [-0.25, -0.2) is 8.78 Å². The monoisotopic (exact) mass is 732 g/mol. The van der Waals surface area contributed by atoms with Gasteiger partial charge in [-0.15, -0.1) is 0 Å². The summed E-state index contributed by atoms with van der Waals surface area (Å²) in [6, 6.07) is -4.48. The van der Waals surface area contributed by atoms with E-state index in [0.29, 0.717) is 25.8 Å². The first-order valence-corrected chi connectivity index (χ1v) is 17.6. The normalized spacial score (nSPS) is 15.0. The van der Waals surface area contributed by atoms with Gasteiger partial charge in [-0.1, -0.05) is 68.2 Å². The molecule has 0 fully saturated rings. The molecule has 6 atom stereocenters. The van der Waals surface area contributed by atoms with Gasteiger partial charge in [-0.05, 0) is 43.9 Å². The number of aromatic hydroxyl groups is 1. The smallest absolute Gasteiger partial charge is 0.258 e. The lowest BCUT2D eigenvalue weighted by Gasteiger charge is -2.29. The van der Waals surface area contributed by atoms with Crippen LogP contribution in [0, 0.1) is 41.0 Å². The van der Waals surface area contributed by atoms with Gasteiger partial charge in [0, 0.05) is 19.1 Å². The number of carbonyl (C=O) groups excluding carboxylic acids is 5. The van der Waals surface area contributed by atoms with Gasteiger partial charge in [0.15, 0.2) is 17.4 Å². The van der Waals surface area contributed by atoms with Crippen molar-refractivity contribution in [1.82, 2.24) is 31.9 Å². The van der Waals surface area contributed by atoms with Crippen molar-refractivity contribution in [3.05, 3.63) is 28.8 Å². The highest BCUT2D eigenvalue weighted by Gasteiger charge is 2.35. The Morgan fingerprint density at radius 2 is 1.24 bits per heavy atom. The summed E-state index contributed by atoms with van der Waals surface area (Å²) in [7, 11) is 0. The average Bonchev–Trinajstić information content (AvgIpc) is 3.06. The molecule has 1 rings (SSSR count). The number of halogens is 4. The lowest BCUT2D eigenvalue weighted by Crippen LogP contribution is -2.58. The van der Waals surface area contributed by atoms with E-state index in [2.05, 4.69) is 31.9 Å². The number of phenolic OH excluding ortho intramolecular Hbond substituents is 1. The summed E-state index contributed by atoms with van der Waals surface area (Å²) in [4.78, 5) is 65.6. The summed E-state index contributed by atoms with van der Waals surface area (Å²) >= 11 is 0. The Morgan fingerprint density at radius 3 is 1.71 bits per heavy atom. The number of amides is 5. The molecular formula is C35H56F4N6O6. The van der Waals surface area contributed by atoms with Gasteiger partial charge in [0.2, 0.25) is 35.3 Å². The molecule has 0 aliphatic carbocycles. The van der Waals surface area contributed by atoms with Crippen LogP contribution in [0.25, 0.3) is 0 Å². The summed E-state index contributed by atoms with van der Waals surface area (Å²) in [5, 5.41) is 25.6. The first kappa shape index (κ1) is 45.1. The second kappa shape index (κ2) is 21.4. The van der Waals surface area contributed by atoms with Crippen molar-refractivity contribution in [3.8, 4) is 5.75 Å². The van der Waals surface area contributed by atoms with Crippen molar-refractivity contribution < 1.29 is 46.6 Å². The third kappa shape index (κ3) is 13.0. The number of nitrogens with one attached hydrogen (secondary N) is 6. The predicted octanol–water partition coefficient (Wildman–Crippen LogP) is 3.55. The fourth-order valence-electron chi connectivity index (χ4n) is 5.40. The molecule has 7 N–H and O–H groups in total. The minimum atomic E-state index is -2.17. The Balaban J connectivity index is 3.17. The highest BCUT2D eigenvalue weighted by molar-refractivity contribution is 5.99. The molecule has 0 heterocycles. The van der Waals surface area contributed by atoms with Crippen molar-refractivity contribution in [2.75, 3.05) is 13.1 Å². The summed E-state index contributed by atoms with van der Waals surface area (Å²) in [6.07, 6.45) is 1.80. The number of likely N-dealkylation sites (N-methyl/N-ethyl adjacent to an activating group) is 1. The molecular weight excluding hydrogens is 676 g/mol. The van der Waals surface area contributed by atoms with Crippen LogP contribution in [0.3, 0.4) is 0 Å². The second-order valence-corrected chi connectivity index (χ2v) is 13.5. The molecule has 1 aromatic carbocycles. The maximum absolute atomic E-state index is 14.4. The number of phenols is 1. The molecule has 1 unspecified atom stereocenters. The third-order valence-corrected chi connectivity index (χ3v) is 8.50. The van der Waals surface area contributed by atoms with Crippen LogP contribution in [0.5, 0.6) is 5.75 Å². The quantitative estimate of drug-likeness (QED) is 0.0747. The van der Waals surface area contributed by atoms with Gasteiger partial charge in [-0.2, -0.15) is 8.78 Å². The molecule has 0 spiro atoms. The van der Waals surface area contributed by atoms with Crippen LogP contribution in [0.2, 0.25) is 0 Å². The zero-order valence-electron chi connectivity index (χ0n) is 31.1. The third-order valence-electron chi connectivity index (χ3n) is 8.50. The van der Waals surface area contributed by atoms with Crippen LogP contribution in [-0.4, -0.2) is 77.9 Å². The van der Waals surface area contributed by atoms with E-state index in [1.807, 2.05) is 27.7 Å². The largest absolute Gasteiger partial charge is 0.503 e. The van der Waals surface area contributed by atoms with E-state index in [9.17, 15) is 46.6 Å². The first-order chi connectivity index (χ1) is 23.9. The SMILES string of the molecule is CCC[C@H](NC(=O)[C@@H](NC(=O)c1c(F)c(F)c(O)c(F)c1F)[C@@H](C)CC)C(=O)N[C@H](CN[C@@H](CC)C(=O)NC(C(=O)NCC)C(C)C)CC(C)C. The second-order valence-electron chi connectivity index (χ2n) is 13.5. The average molecular weight is 733 g/mol. The Morgan fingerprint density at radius 1 is 0.667 bits per heavy atom. The van der Waals surface area contributed by atoms with Crippen molar-refractivity contribution in [2.45, 2.75) is 125 Å². The first-order valence-electron chi connectivity index (χ1n) is 17.6. The van der Waals surface area contributed by atoms with Crippen molar-refractivity contribution in [2.24, 2.45) is 17.8 Å². The summed E-state index contributed by atoms with van der Waals surface area (Å²) in [5.41, 5.74) is -1.65. The standard InChI is InChI=1S/C35H56F4N6O6/c1-10-14-22(43-35(51)29(19(9)11-2)45-33(49)23-24(36)26(38)30(46)27(39)25(23)37)32(48)42-20(15-17(5)6)16-41-21(12-3)31(47)44-28(18(7)8)34(50)40-13-4/h17-22,28-29,41,46H,10-16H2,1-9H3,(H,40,50)(H,42,48)(H,43,51)(H,44,47)(H,45,49)/t19-,20-,21-,22-,28?,29-/m0/s1. The van der Waals surface area contributed by atoms with E-state index in [4.69, 9.17) is 0 Å². The molecule has 0 radical (unpaired) electrons. The van der Waals surface area contributed by atoms with Crippen LogP contribution < -0.4 is 31.9 Å². The van der Waals surface area contributed by atoms with Crippen LogP contribution in [-0.2, 0) is 19.2 Å². The molecule has 0 saturated heterocycles. The highest BCUT2D eigenvalue weighted by Crippen LogP contribution is 2.29. The molecule has 0 saturated carbocycles. The van der Waals surface area contributed by atoms with Gasteiger partial charge in [0.25, 0.3) is 5.91 Å². The minimum Gasteiger partial charge on any atom is -0.503 e. The van der Waals surface area contributed by atoms with Crippen LogP contribution in [0.15, 0.2) is 0 Å². The maximum atomic E-state index is 14.4. The molecule has 12 nitrogen and oxygen atoms in total. The molecule has 51 heavy (non-hydrogen) atoms. The molecule has 1 aromatic rings. The van der Waals surface area contributed by atoms with Crippen molar-refractivity contribution in [1.29, 1.82) is 0 Å². The topological polar surface area (TPSA) is 178 Å². The molecule has 5 amide bonds. The van der Waals surface area contributed by atoms with E-state index in [0.717, 1.165) is 0 Å². The Labute approximate surface area is 298 Å². The Kier molecular flexibility index (Phi) is 18.9. The van der Waals surface area contributed by atoms with E-state index in [-0.39, 0.29) is 43.0 Å². The van der Waals surface area contributed by atoms with E-state index in [1.54, 1.807) is 34.6 Å². The number of benzene rings is 1. The van der Waals surface area contributed by atoms with Gasteiger partial charge in [-0.3, -0.25) is 24.0 Å². The molecule has 0 aliphatic heterocycles. The molecule has 0 aliphatic rings. The Hall–Kier alpha value is -3.95.